The first-order chi connectivity index (χ1) is 10.2. The van der Waals surface area contributed by atoms with Gasteiger partial charge in [0.25, 0.3) is 0 Å². The van der Waals surface area contributed by atoms with Crippen molar-refractivity contribution in [3.05, 3.63) is 16.1 Å². The molecule has 7 heteroatoms. The predicted molar refractivity (Wildman–Crippen MR) is 78.2 cm³/mol. The Morgan fingerprint density at radius 1 is 1.62 bits per heavy atom. The van der Waals surface area contributed by atoms with Gasteiger partial charge in [-0.2, -0.15) is 0 Å². The van der Waals surface area contributed by atoms with E-state index in [1.807, 2.05) is 0 Å². The van der Waals surface area contributed by atoms with Gasteiger partial charge >= 0.3 is 5.97 Å². The van der Waals surface area contributed by atoms with Crippen molar-refractivity contribution in [1.29, 1.82) is 0 Å². The summed E-state index contributed by atoms with van der Waals surface area (Å²) >= 11 is 1.43. The lowest BCUT2D eigenvalue weighted by molar-refractivity contribution is -0.129. The second-order valence-electron chi connectivity index (χ2n) is 4.91. The molecule has 1 aromatic rings. The van der Waals surface area contributed by atoms with Crippen molar-refractivity contribution in [2.75, 3.05) is 19.8 Å². The van der Waals surface area contributed by atoms with Crippen LogP contribution in [0.4, 0.5) is 0 Å². The first-order valence-electron chi connectivity index (χ1n) is 7.17. The summed E-state index contributed by atoms with van der Waals surface area (Å²) in [6.45, 7) is 2.75. The van der Waals surface area contributed by atoms with E-state index < -0.39 is 5.97 Å². The summed E-state index contributed by atoms with van der Waals surface area (Å²) in [6.07, 6.45) is 2.75. The number of carbonyl (C=O) groups excluding carboxylic acids is 2. The number of esters is 1. The maximum Gasteiger partial charge on any atom is 0.357 e. The minimum absolute atomic E-state index is 0.0238. The predicted octanol–water partition coefficient (Wildman–Crippen LogP) is 1.24. The fraction of sp³-hybridized carbons (Fsp3) is 0.643. The molecular weight excluding hydrogens is 292 g/mol. The highest BCUT2D eigenvalue weighted by molar-refractivity contribution is 7.09. The van der Waals surface area contributed by atoms with Crippen LogP contribution in [0.3, 0.4) is 0 Å². The third kappa shape index (κ3) is 4.01. The van der Waals surface area contributed by atoms with Crippen LogP contribution in [0.2, 0.25) is 0 Å². The molecule has 0 aliphatic carbocycles. The van der Waals surface area contributed by atoms with E-state index in [1.54, 1.807) is 17.2 Å². The molecule has 1 saturated heterocycles. The zero-order valence-electron chi connectivity index (χ0n) is 12.1. The van der Waals surface area contributed by atoms with E-state index in [-0.39, 0.29) is 18.6 Å². The van der Waals surface area contributed by atoms with Gasteiger partial charge in [0.05, 0.1) is 24.3 Å². The van der Waals surface area contributed by atoms with Gasteiger partial charge in [-0.1, -0.05) is 0 Å². The zero-order valence-corrected chi connectivity index (χ0v) is 12.9. The van der Waals surface area contributed by atoms with Crippen molar-refractivity contribution in [3.8, 4) is 0 Å². The first-order valence-corrected chi connectivity index (χ1v) is 8.05. The molecule has 2 rings (SSSR count). The van der Waals surface area contributed by atoms with Crippen molar-refractivity contribution < 1.29 is 19.4 Å². The zero-order chi connectivity index (χ0) is 15.2. The lowest BCUT2D eigenvalue weighted by Crippen LogP contribution is -2.36. The molecule has 0 unspecified atom stereocenters. The van der Waals surface area contributed by atoms with E-state index in [1.165, 1.54) is 11.3 Å². The normalized spacial score (nSPS) is 18.3. The summed E-state index contributed by atoms with van der Waals surface area (Å²) in [5.74, 6) is -0.282. The van der Waals surface area contributed by atoms with Crippen molar-refractivity contribution in [3.63, 3.8) is 0 Å². The molecule has 1 atom stereocenters. The molecule has 0 bridgehead atoms. The van der Waals surface area contributed by atoms with Gasteiger partial charge in [0.2, 0.25) is 5.91 Å². The van der Waals surface area contributed by atoms with E-state index in [2.05, 4.69) is 4.98 Å². The van der Waals surface area contributed by atoms with E-state index in [4.69, 9.17) is 4.74 Å². The Hall–Kier alpha value is -1.47. The summed E-state index contributed by atoms with van der Waals surface area (Å²) in [6, 6.07) is -0.0381. The van der Waals surface area contributed by atoms with Crippen LogP contribution >= 0.6 is 11.3 Å². The largest absolute Gasteiger partial charge is 0.461 e. The molecule has 0 radical (unpaired) electrons. The molecular formula is C14H20N2O4S. The summed E-state index contributed by atoms with van der Waals surface area (Å²) < 4.78 is 4.89. The first kappa shape index (κ1) is 15.9. The average Bonchev–Trinajstić information content (AvgIpc) is 3.07. The number of carbonyl (C=O) groups is 2. The second kappa shape index (κ2) is 7.51. The van der Waals surface area contributed by atoms with E-state index in [9.17, 15) is 14.7 Å². The molecule has 1 amide bonds. The second-order valence-corrected chi connectivity index (χ2v) is 5.86. The summed E-state index contributed by atoms with van der Waals surface area (Å²) in [5.41, 5.74) is 0.349. The minimum atomic E-state index is -0.393. The van der Waals surface area contributed by atoms with E-state index in [0.717, 1.165) is 17.8 Å². The molecule has 1 aliphatic heterocycles. The molecule has 2 heterocycles. The lowest BCUT2D eigenvalue weighted by Gasteiger charge is -2.22. The molecule has 1 fully saturated rings. The van der Waals surface area contributed by atoms with Gasteiger partial charge in [0.1, 0.15) is 0 Å². The summed E-state index contributed by atoms with van der Waals surface area (Å²) in [7, 11) is 0. The van der Waals surface area contributed by atoms with Gasteiger partial charge in [0.15, 0.2) is 5.69 Å². The number of likely N-dealkylation sites (tertiary alicyclic amines) is 1. The van der Waals surface area contributed by atoms with Crippen molar-refractivity contribution >= 4 is 23.2 Å². The molecule has 0 aromatic carbocycles. The molecule has 1 N–H and O–H groups in total. The van der Waals surface area contributed by atoms with Crippen LogP contribution in [-0.4, -0.2) is 52.7 Å². The van der Waals surface area contributed by atoms with Crippen molar-refractivity contribution in [2.24, 2.45) is 0 Å². The Balaban J connectivity index is 1.81. The number of thiazole rings is 1. The Kier molecular flexibility index (Phi) is 5.69. The van der Waals surface area contributed by atoms with Crippen LogP contribution in [0.15, 0.2) is 5.38 Å². The highest BCUT2D eigenvalue weighted by Crippen LogP contribution is 2.19. The van der Waals surface area contributed by atoms with E-state index >= 15 is 0 Å². The fourth-order valence-electron chi connectivity index (χ4n) is 2.42. The van der Waals surface area contributed by atoms with Gasteiger partial charge in [-0.15, -0.1) is 11.3 Å². The van der Waals surface area contributed by atoms with Crippen LogP contribution in [0.1, 0.15) is 41.7 Å². The highest BCUT2D eigenvalue weighted by Gasteiger charge is 2.29. The number of amides is 1. The number of ether oxygens (including phenoxy) is 1. The maximum absolute atomic E-state index is 11.7. The Morgan fingerprint density at radius 3 is 3.14 bits per heavy atom. The van der Waals surface area contributed by atoms with Gasteiger partial charge in [0, 0.05) is 24.8 Å². The average molecular weight is 312 g/mol. The summed E-state index contributed by atoms with van der Waals surface area (Å²) in [5, 5.41) is 11.8. The van der Waals surface area contributed by atoms with Crippen molar-refractivity contribution in [2.45, 2.75) is 38.6 Å². The van der Waals surface area contributed by atoms with Crippen LogP contribution in [0, 0.1) is 0 Å². The fourth-order valence-corrected chi connectivity index (χ4v) is 3.23. The topological polar surface area (TPSA) is 79.7 Å². The number of aryl methyl sites for hydroxylation is 1. The summed E-state index contributed by atoms with van der Waals surface area (Å²) in [4.78, 5) is 29.2. The van der Waals surface area contributed by atoms with Crippen LogP contribution in [-0.2, 0) is 16.0 Å². The molecule has 1 aliphatic rings. The van der Waals surface area contributed by atoms with Gasteiger partial charge in [-0.3, -0.25) is 4.79 Å². The highest BCUT2D eigenvalue weighted by atomic mass is 32.1. The van der Waals surface area contributed by atoms with Crippen LogP contribution in [0.25, 0.3) is 0 Å². The number of rotatable bonds is 7. The number of aliphatic hydroxyl groups excluding tert-OH is 1. The number of nitrogens with zero attached hydrogens (tertiary/aromatic N) is 2. The Bertz CT molecular complexity index is 503. The number of aliphatic hydroxyl groups is 1. The quantitative estimate of drug-likeness (QED) is 0.766. The molecule has 6 nitrogen and oxygen atoms in total. The van der Waals surface area contributed by atoms with Crippen molar-refractivity contribution in [1.82, 2.24) is 9.88 Å². The Labute approximate surface area is 127 Å². The third-order valence-corrected chi connectivity index (χ3v) is 4.40. The minimum Gasteiger partial charge on any atom is -0.461 e. The van der Waals surface area contributed by atoms with Gasteiger partial charge in [-0.25, -0.2) is 9.78 Å². The Morgan fingerprint density at radius 2 is 2.43 bits per heavy atom. The molecule has 1 aromatic heterocycles. The SMILES string of the molecule is CCOC(=O)c1csc(CCCN2C(=O)CC[C@@H]2CO)n1. The number of hydrogen-bond acceptors (Lipinski definition) is 6. The number of aromatic nitrogens is 1. The van der Waals surface area contributed by atoms with Gasteiger partial charge in [-0.05, 0) is 19.8 Å². The third-order valence-electron chi connectivity index (χ3n) is 3.49. The lowest BCUT2D eigenvalue weighted by atomic mass is 10.2. The molecule has 0 saturated carbocycles. The van der Waals surface area contributed by atoms with E-state index in [0.29, 0.717) is 31.7 Å². The van der Waals surface area contributed by atoms with Gasteiger partial charge < -0.3 is 14.7 Å². The molecule has 0 spiro atoms. The number of hydrogen-bond donors (Lipinski definition) is 1. The monoisotopic (exact) mass is 312 g/mol. The molecule has 116 valence electrons. The standard InChI is InChI=1S/C14H20N2O4S/c1-2-20-14(19)11-9-21-12(15-11)4-3-7-16-10(8-17)5-6-13(16)18/h9-10,17H,2-8H2,1H3/t10-/m1/s1. The molecule has 21 heavy (non-hydrogen) atoms. The van der Waals surface area contributed by atoms with Crippen LogP contribution in [0.5, 0.6) is 0 Å². The maximum atomic E-state index is 11.7. The van der Waals surface area contributed by atoms with Crippen LogP contribution < -0.4 is 0 Å². The smallest absolute Gasteiger partial charge is 0.357 e.